The lowest BCUT2D eigenvalue weighted by atomic mass is 10.1. The van der Waals surface area contributed by atoms with Crippen LogP contribution in [0.3, 0.4) is 0 Å². The van der Waals surface area contributed by atoms with E-state index in [1.54, 1.807) is 6.92 Å². The lowest BCUT2D eigenvalue weighted by molar-refractivity contribution is 0.145. The zero-order chi connectivity index (χ0) is 23.4. The lowest BCUT2D eigenvalue weighted by Gasteiger charge is -2.23. The number of H-pyrrole nitrogens is 1. The summed E-state index contributed by atoms with van der Waals surface area (Å²) in [6.07, 6.45) is -0.179. The van der Waals surface area contributed by atoms with Gasteiger partial charge in [-0.05, 0) is 30.7 Å². The molecule has 8 nitrogen and oxygen atoms in total. The van der Waals surface area contributed by atoms with Gasteiger partial charge in [0, 0.05) is 11.3 Å². The monoisotopic (exact) mass is 466 g/mol. The summed E-state index contributed by atoms with van der Waals surface area (Å²) in [4.78, 5) is 22.2. The maximum Gasteiger partial charge on any atom is 0.326 e. The summed E-state index contributed by atoms with van der Waals surface area (Å²) in [5.41, 5.74) is 0.689. The molecule has 12 heteroatoms. The van der Waals surface area contributed by atoms with Gasteiger partial charge >= 0.3 is 12.0 Å². The predicted octanol–water partition coefficient (Wildman–Crippen LogP) is 5.21. The Morgan fingerprint density at radius 1 is 1.34 bits per heavy atom. The topological polar surface area (TPSA) is 96.0 Å². The number of anilines is 2. The largest absolute Gasteiger partial charge is 0.467 e. The van der Waals surface area contributed by atoms with Gasteiger partial charge in [-0.15, -0.1) is 0 Å². The summed E-state index contributed by atoms with van der Waals surface area (Å²) in [7, 11) is 1.38. The van der Waals surface area contributed by atoms with Crippen LogP contribution in [0, 0.1) is 5.82 Å². The van der Waals surface area contributed by atoms with Crippen molar-refractivity contribution in [3.05, 3.63) is 65.0 Å². The average molecular weight is 467 g/mol. The second kappa shape index (κ2) is 9.69. The van der Waals surface area contributed by atoms with Gasteiger partial charge in [0.15, 0.2) is 0 Å². The van der Waals surface area contributed by atoms with Crippen LogP contribution < -0.4 is 15.0 Å². The minimum atomic E-state index is -2.83. The van der Waals surface area contributed by atoms with E-state index in [9.17, 15) is 18.0 Å². The van der Waals surface area contributed by atoms with Gasteiger partial charge in [0.2, 0.25) is 0 Å². The van der Waals surface area contributed by atoms with Crippen molar-refractivity contribution in [3.8, 4) is 6.01 Å². The van der Waals surface area contributed by atoms with Gasteiger partial charge in [-0.25, -0.2) is 27.9 Å². The van der Waals surface area contributed by atoms with Crippen molar-refractivity contribution in [3.63, 3.8) is 0 Å². The molecule has 0 saturated carbocycles. The second-order valence-electron chi connectivity index (χ2n) is 6.62. The maximum absolute atomic E-state index is 13.4. The van der Waals surface area contributed by atoms with Gasteiger partial charge < -0.3 is 10.1 Å². The maximum atomic E-state index is 13.4. The Morgan fingerprint density at radius 2 is 2.03 bits per heavy atom. The molecule has 0 aliphatic carbocycles. The van der Waals surface area contributed by atoms with Gasteiger partial charge in [-0.1, -0.05) is 18.2 Å². The molecule has 0 bridgehead atoms. The molecule has 2 amide bonds. The van der Waals surface area contributed by atoms with Crippen molar-refractivity contribution >= 4 is 34.6 Å². The summed E-state index contributed by atoms with van der Waals surface area (Å²) < 4.78 is 45.1. The van der Waals surface area contributed by atoms with Crippen LogP contribution in [-0.2, 0) is 6.54 Å². The van der Waals surface area contributed by atoms with Gasteiger partial charge in [0.1, 0.15) is 11.5 Å². The van der Waals surface area contributed by atoms with Crippen LogP contribution in [0.25, 0.3) is 5.57 Å². The minimum Gasteiger partial charge on any atom is -0.467 e. The Labute approximate surface area is 186 Å². The van der Waals surface area contributed by atoms with E-state index in [0.717, 1.165) is 6.07 Å². The lowest BCUT2D eigenvalue weighted by Crippen LogP contribution is -2.35. The predicted molar refractivity (Wildman–Crippen MR) is 113 cm³/mol. The zero-order valence-corrected chi connectivity index (χ0v) is 17.8. The van der Waals surface area contributed by atoms with Crippen molar-refractivity contribution in [2.45, 2.75) is 19.9 Å². The van der Waals surface area contributed by atoms with Crippen molar-refractivity contribution < 1.29 is 22.7 Å². The molecular weight excluding hydrogens is 449 g/mol. The summed E-state index contributed by atoms with van der Waals surface area (Å²) in [5, 5.41) is 8.62. The number of allylic oxidation sites excluding steroid dienone is 1. The molecule has 0 radical (unpaired) electrons. The third kappa shape index (κ3) is 4.99. The first-order valence-corrected chi connectivity index (χ1v) is 9.49. The summed E-state index contributed by atoms with van der Waals surface area (Å²) in [5.74, 6) is -0.645. The number of ether oxygens (including phenoxy) is 1. The number of halogens is 4. The average Bonchev–Trinajstić information content (AvgIpc) is 3.19. The van der Waals surface area contributed by atoms with Crippen LogP contribution in [0.2, 0.25) is 5.02 Å². The van der Waals surface area contributed by atoms with Gasteiger partial charge in [-0.2, -0.15) is 5.10 Å². The minimum absolute atomic E-state index is 0.0728. The number of carbonyl (C=O) groups is 1. The highest BCUT2D eigenvalue weighted by Crippen LogP contribution is 2.30. The number of hydrogen-bond acceptors (Lipinski definition) is 5. The molecule has 168 valence electrons. The van der Waals surface area contributed by atoms with E-state index in [1.165, 1.54) is 36.5 Å². The van der Waals surface area contributed by atoms with E-state index < -0.39 is 24.0 Å². The first-order valence-electron chi connectivity index (χ1n) is 9.12. The molecule has 0 atom stereocenters. The molecule has 2 N–H and O–H groups in total. The molecule has 0 aliphatic rings. The van der Waals surface area contributed by atoms with Crippen LogP contribution in [0.5, 0.6) is 6.01 Å². The number of nitrogens with one attached hydrogen (secondary N) is 2. The normalized spacial score (nSPS) is 10.8. The molecule has 32 heavy (non-hydrogen) atoms. The van der Waals surface area contributed by atoms with Gasteiger partial charge in [0.25, 0.3) is 6.43 Å². The molecule has 2 heterocycles. The number of aromatic nitrogens is 4. The molecule has 0 saturated heterocycles. The van der Waals surface area contributed by atoms with Crippen molar-refractivity contribution in [2.24, 2.45) is 0 Å². The highest BCUT2D eigenvalue weighted by Gasteiger charge is 2.25. The molecule has 0 unspecified atom stereocenters. The summed E-state index contributed by atoms with van der Waals surface area (Å²) in [6, 6.07) is 3.06. The highest BCUT2D eigenvalue weighted by atomic mass is 35.5. The Morgan fingerprint density at radius 3 is 2.59 bits per heavy atom. The third-order valence-electron chi connectivity index (χ3n) is 4.34. The number of amides is 2. The fraction of sp³-hybridized carbons (Fsp3) is 0.200. The Balaban J connectivity index is 1.98. The molecule has 2 aromatic heterocycles. The van der Waals surface area contributed by atoms with Crippen molar-refractivity contribution in [1.82, 2.24) is 20.2 Å². The number of hydrogen-bond donors (Lipinski definition) is 2. The van der Waals surface area contributed by atoms with E-state index >= 15 is 0 Å². The van der Waals surface area contributed by atoms with E-state index in [0.29, 0.717) is 5.57 Å². The number of benzene rings is 1. The molecule has 0 aliphatic heterocycles. The molecule has 1 aromatic carbocycles. The van der Waals surface area contributed by atoms with Crippen LogP contribution in [-0.4, -0.2) is 33.3 Å². The molecule has 3 rings (SSSR count). The number of methoxy groups -OCH3 is 1. The van der Waals surface area contributed by atoms with E-state index in [1.807, 2.05) is 0 Å². The van der Waals surface area contributed by atoms with Gasteiger partial charge in [-0.3, -0.25) is 10.00 Å². The quantitative estimate of drug-likeness (QED) is 0.498. The Bertz CT molecular complexity index is 1140. The smallest absolute Gasteiger partial charge is 0.326 e. The Kier molecular flexibility index (Phi) is 6.98. The van der Waals surface area contributed by atoms with Crippen LogP contribution in [0.15, 0.2) is 37.2 Å². The first-order chi connectivity index (χ1) is 15.2. The third-order valence-corrected chi connectivity index (χ3v) is 4.63. The fourth-order valence-electron chi connectivity index (χ4n) is 2.90. The van der Waals surface area contributed by atoms with Crippen molar-refractivity contribution in [2.75, 3.05) is 17.3 Å². The number of aromatic amines is 1. The van der Waals surface area contributed by atoms with Crippen molar-refractivity contribution in [1.29, 1.82) is 0 Å². The van der Waals surface area contributed by atoms with Gasteiger partial charge in [0.05, 0.1) is 42.5 Å². The number of alkyl halides is 2. The SMILES string of the molecule is C=C(C)c1c(C(F)F)n[nH]c1CN(C(=O)Nc1ccc(F)c(Cl)c1)c1cnc(OC)nc1. The standard InChI is InChI=1S/C20H18ClF3N6O2/c1-10(2)16-15(28-29-17(16)18(23)24)9-30(12-7-25-19(32-3)26-8-12)20(31)27-11-4-5-14(22)13(21)6-11/h4-8,18H,1,9H2,2-3H3,(H,27,31)(H,28,29). The van der Waals surface area contributed by atoms with Crippen LogP contribution in [0.1, 0.15) is 30.3 Å². The zero-order valence-electron chi connectivity index (χ0n) is 17.0. The molecule has 0 fully saturated rings. The number of rotatable bonds is 7. The number of nitrogens with zero attached hydrogens (tertiary/aromatic N) is 4. The van der Waals surface area contributed by atoms with Crippen LogP contribution in [0.4, 0.5) is 29.3 Å². The highest BCUT2D eigenvalue weighted by molar-refractivity contribution is 6.31. The Hall–Kier alpha value is -3.60. The summed E-state index contributed by atoms with van der Waals surface area (Å²) in [6.45, 7) is 5.09. The van der Waals surface area contributed by atoms with E-state index in [4.69, 9.17) is 16.3 Å². The van der Waals surface area contributed by atoms with E-state index in [2.05, 4.69) is 32.1 Å². The first kappa shape index (κ1) is 23.1. The molecule has 0 spiro atoms. The molecular formula is C20H18ClF3N6O2. The second-order valence-corrected chi connectivity index (χ2v) is 7.02. The van der Waals surface area contributed by atoms with E-state index in [-0.39, 0.29) is 40.2 Å². The summed E-state index contributed by atoms with van der Waals surface area (Å²) >= 11 is 5.78. The molecule has 3 aromatic rings. The number of carbonyl (C=O) groups excluding carboxylic acids is 1. The number of urea groups is 1. The fourth-order valence-corrected chi connectivity index (χ4v) is 3.08. The van der Waals surface area contributed by atoms with Crippen LogP contribution >= 0.6 is 11.6 Å².